The molecular formula is C11H15ClFNO4S. The molecule has 1 aromatic carbocycles. The van der Waals surface area contributed by atoms with Crippen molar-refractivity contribution < 1.29 is 22.7 Å². The Kier molecular flexibility index (Phi) is 6.15. The second kappa shape index (κ2) is 7.16. The molecular weight excluding hydrogens is 297 g/mol. The fourth-order valence-corrected chi connectivity index (χ4v) is 3.30. The Morgan fingerprint density at radius 1 is 1.53 bits per heavy atom. The first-order valence-electron chi connectivity index (χ1n) is 5.48. The van der Waals surface area contributed by atoms with Gasteiger partial charge in [0.25, 0.3) is 0 Å². The summed E-state index contributed by atoms with van der Waals surface area (Å²) in [5.74, 6) is -0.618. The molecule has 2 N–H and O–H groups in total. The van der Waals surface area contributed by atoms with Crippen LogP contribution in [-0.4, -0.2) is 39.9 Å². The first-order chi connectivity index (χ1) is 8.90. The average molecular weight is 312 g/mol. The normalized spacial score (nSPS) is 13.5. The molecule has 0 saturated carbocycles. The summed E-state index contributed by atoms with van der Waals surface area (Å²) in [6, 6.07) is 2.44. The lowest BCUT2D eigenvalue weighted by Crippen LogP contribution is -2.38. The maximum atomic E-state index is 12.9. The Balaban J connectivity index is 2.96. The van der Waals surface area contributed by atoms with Crippen molar-refractivity contribution in [3.63, 3.8) is 0 Å². The highest BCUT2D eigenvalue weighted by molar-refractivity contribution is 7.89. The molecule has 19 heavy (non-hydrogen) atoms. The van der Waals surface area contributed by atoms with E-state index in [-0.39, 0.29) is 29.6 Å². The van der Waals surface area contributed by atoms with Crippen LogP contribution in [0.1, 0.15) is 6.42 Å². The minimum absolute atomic E-state index is 0.110. The molecule has 108 valence electrons. The molecule has 1 unspecified atom stereocenters. The van der Waals surface area contributed by atoms with Gasteiger partial charge >= 0.3 is 0 Å². The van der Waals surface area contributed by atoms with Crippen molar-refractivity contribution >= 4 is 21.6 Å². The quantitative estimate of drug-likeness (QED) is 0.792. The Morgan fingerprint density at radius 3 is 2.74 bits per heavy atom. The van der Waals surface area contributed by atoms with Crippen LogP contribution in [0.5, 0.6) is 0 Å². The van der Waals surface area contributed by atoms with E-state index >= 15 is 0 Å². The predicted octanol–water partition coefficient (Wildman–Crippen LogP) is 1.15. The topological polar surface area (TPSA) is 75.6 Å². The highest BCUT2D eigenvalue weighted by Gasteiger charge is 2.22. The third-order valence-corrected chi connectivity index (χ3v) is 4.35. The lowest BCUT2D eigenvalue weighted by Gasteiger charge is -2.17. The van der Waals surface area contributed by atoms with E-state index in [0.717, 1.165) is 18.2 Å². The number of methoxy groups -OCH3 is 1. The molecule has 1 aromatic rings. The standard InChI is InChI=1S/C11H15ClFNO4S/c1-18-7-9(4-5-15)14-19(16,17)11-3-2-8(13)6-10(11)12/h2-3,6,9,14-15H,4-5,7H2,1H3. The Hall–Kier alpha value is -0.730. The monoisotopic (exact) mass is 311 g/mol. The van der Waals surface area contributed by atoms with Crippen LogP contribution in [0.15, 0.2) is 23.1 Å². The van der Waals surface area contributed by atoms with Crippen molar-refractivity contribution in [2.24, 2.45) is 0 Å². The van der Waals surface area contributed by atoms with Crippen molar-refractivity contribution in [1.29, 1.82) is 0 Å². The lowest BCUT2D eigenvalue weighted by atomic mass is 10.2. The van der Waals surface area contributed by atoms with Crippen LogP contribution in [0, 0.1) is 5.82 Å². The van der Waals surface area contributed by atoms with E-state index < -0.39 is 21.9 Å². The highest BCUT2D eigenvalue weighted by atomic mass is 35.5. The number of nitrogens with one attached hydrogen (secondary N) is 1. The Labute approximate surface area is 116 Å². The van der Waals surface area contributed by atoms with Crippen molar-refractivity contribution in [3.8, 4) is 0 Å². The number of halogens is 2. The molecule has 0 aliphatic heterocycles. The van der Waals surface area contributed by atoms with Crippen LogP contribution < -0.4 is 4.72 Å². The van der Waals surface area contributed by atoms with Crippen LogP contribution in [0.3, 0.4) is 0 Å². The van der Waals surface area contributed by atoms with Crippen LogP contribution in [0.2, 0.25) is 5.02 Å². The summed E-state index contributed by atoms with van der Waals surface area (Å²) in [6.07, 6.45) is 0.200. The summed E-state index contributed by atoms with van der Waals surface area (Å²) in [7, 11) is -2.47. The minimum atomic E-state index is -3.89. The number of aliphatic hydroxyl groups excluding tert-OH is 1. The van der Waals surface area contributed by atoms with Crippen molar-refractivity contribution in [2.45, 2.75) is 17.4 Å². The van der Waals surface area contributed by atoms with E-state index in [1.165, 1.54) is 7.11 Å². The summed E-state index contributed by atoms with van der Waals surface area (Å²) in [6.45, 7) is -0.0771. The van der Waals surface area contributed by atoms with Gasteiger partial charge in [-0.2, -0.15) is 0 Å². The maximum absolute atomic E-state index is 12.9. The fourth-order valence-electron chi connectivity index (χ4n) is 1.51. The first kappa shape index (κ1) is 16.3. The van der Waals surface area contributed by atoms with Crippen LogP contribution in [-0.2, 0) is 14.8 Å². The fraction of sp³-hybridized carbons (Fsp3) is 0.455. The summed E-state index contributed by atoms with van der Waals surface area (Å²) in [5.41, 5.74) is 0. The third-order valence-electron chi connectivity index (χ3n) is 2.35. The summed E-state index contributed by atoms with van der Waals surface area (Å²) >= 11 is 5.71. The molecule has 0 aliphatic rings. The molecule has 0 bridgehead atoms. The van der Waals surface area contributed by atoms with Gasteiger partial charge in [0.05, 0.1) is 11.6 Å². The molecule has 1 rings (SSSR count). The number of benzene rings is 1. The molecule has 0 spiro atoms. The molecule has 5 nitrogen and oxygen atoms in total. The van der Waals surface area contributed by atoms with Crippen LogP contribution >= 0.6 is 11.6 Å². The van der Waals surface area contributed by atoms with Gasteiger partial charge in [0.15, 0.2) is 0 Å². The highest BCUT2D eigenvalue weighted by Crippen LogP contribution is 2.22. The van der Waals surface area contributed by atoms with Crippen LogP contribution in [0.25, 0.3) is 0 Å². The van der Waals surface area contributed by atoms with E-state index in [9.17, 15) is 12.8 Å². The van der Waals surface area contributed by atoms with E-state index in [1.807, 2.05) is 0 Å². The zero-order valence-corrected chi connectivity index (χ0v) is 11.8. The molecule has 0 heterocycles. The van der Waals surface area contributed by atoms with Crippen molar-refractivity contribution in [1.82, 2.24) is 4.72 Å². The zero-order chi connectivity index (χ0) is 14.5. The lowest BCUT2D eigenvalue weighted by molar-refractivity contribution is 0.158. The molecule has 0 aromatic heterocycles. The molecule has 1 atom stereocenters. The molecule has 0 fully saturated rings. The number of rotatable bonds is 7. The van der Waals surface area contributed by atoms with Gasteiger partial charge in [-0.25, -0.2) is 17.5 Å². The summed E-state index contributed by atoms with van der Waals surface area (Å²) in [4.78, 5) is -0.213. The van der Waals surface area contributed by atoms with E-state index in [4.69, 9.17) is 21.4 Å². The van der Waals surface area contributed by atoms with Crippen molar-refractivity contribution in [3.05, 3.63) is 29.0 Å². The third kappa shape index (κ3) is 4.70. The summed E-state index contributed by atoms with van der Waals surface area (Å²) in [5, 5.41) is 8.65. The Morgan fingerprint density at radius 2 is 2.21 bits per heavy atom. The van der Waals surface area contributed by atoms with Gasteiger partial charge in [0.2, 0.25) is 10.0 Å². The van der Waals surface area contributed by atoms with Gasteiger partial charge in [0, 0.05) is 19.8 Å². The van der Waals surface area contributed by atoms with Gasteiger partial charge in [-0.15, -0.1) is 0 Å². The van der Waals surface area contributed by atoms with Crippen molar-refractivity contribution in [2.75, 3.05) is 20.3 Å². The molecule has 8 heteroatoms. The minimum Gasteiger partial charge on any atom is -0.396 e. The number of hydrogen-bond acceptors (Lipinski definition) is 4. The Bertz CT molecular complexity index is 517. The first-order valence-corrected chi connectivity index (χ1v) is 7.34. The number of hydrogen-bond donors (Lipinski definition) is 2. The number of aliphatic hydroxyl groups is 1. The van der Waals surface area contributed by atoms with Gasteiger partial charge in [0.1, 0.15) is 10.7 Å². The summed E-state index contributed by atoms with van der Waals surface area (Å²) < 4.78 is 44.2. The van der Waals surface area contributed by atoms with E-state index in [2.05, 4.69) is 4.72 Å². The number of ether oxygens (including phenoxy) is 1. The average Bonchev–Trinajstić information content (AvgIpc) is 2.28. The van der Waals surface area contributed by atoms with Gasteiger partial charge in [-0.05, 0) is 24.6 Å². The second-order valence-electron chi connectivity index (χ2n) is 3.86. The van der Waals surface area contributed by atoms with Gasteiger partial charge in [-0.1, -0.05) is 11.6 Å². The second-order valence-corrected chi connectivity index (χ2v) is 5.95. The number of sulfonamides is 1. The SMILES string of the molecule is COCC(CCO)NS(=O)(=O)c1ccc(F)cc1Cl. The van der Waals surface area contributed by atoms with E-state index in [0.29, 0.717) is 0 Å². The smallest absolute Gasteiger partial charge is 0.242 e. The van der Waals surface area contributed by atoms with Crippen LogP contribution in [0.4, 0.5) is 4.39 Å². The van der Waals surface area contributed by atoms with Gasteiger partial charge < -0.3 is 9.84 Å². The zero-order valence-electron chi connectivity index (χ0n) is 10.3. The predicted molar refractivity (Wildman–Crippen MR) is 69.1 cm³/mol. The van der Waals surface area contributed by atoms with Gasteiger partial charge in [-0.3, -0.25) is 0 Å². The maximum Gasteiger partial charge on any atom is 0.242 e. The molecule has 0 amide bonds. The molecule has 0 radical (unpaired) electrons. The largest absolute Gasteiger partial charge is 0.396 e. The molecule has 0 aliphatic carbocycles. The van der Waals surface area contributed by atoms with E-state index in [1.54, 1.807) is 0 Å². The molecule has 0 saturated heterocycles.